The topological polar surface area (TPSA) is 39.1 Å². The Morgan fingerprint density at radius 1 is 1.19 bits per heavy atom. The molecule has 0 aliphatic rings. The van der Waals surface area contributed by atoms with Crippen LogP contribution in [-0.4, -0.2) is 16.9 Å². The van der Waals surface area contributed by atoms with Gasteiger partial charge in [0.25, 0.3) is 0 Å². The number of hydrogen-bond donors (Lipinski definition) is 1. The third-order valence-electron chi connectivity index (χ3n) is 4.39. The van der Waals surface area contributed by atoms with E-state index in [0.29, 0.717) is 12.2 Å². The Morgan fingerprint density at radius 3 is 2.73 bits per heavy atom. The molecule has 0 amide bonds. The van der Waals surface area contributed by atoms with Gasteiger partial charge in [0.15, 0.2) is 11.6 Å². The number of nitrogens with zero attached hydrogens (tertiary/aromatic N) is 2. The minimum Gasteiger partial charge on any atom is -0.494 e. The molecule has 0 aliphatic heterocycles. The number of ether oxygens (including phenoxy) is 1. The van der Waals surface area contributed by atoms with Crippen molar-refractivity contribution in [2.75, 3.05) is 7.11 Å². The molecule has 6 heteroatoms. The average molecular weight is 357 g/mol. The van der Waals surface area contributed by atoms with E-state index in [1.54, 1.807) is 29.1 Å². The smallest absolute Gasteiger partial charge is 0.165 e. The minimum atomic E-state index is -0.378. The monoisotopic (exact) mass is 357 g/mol. The molecule has 2 aromatic carbocycles. The lowest BCUT2D eigenvalue weighted by molar-refractivity contribution is 0.385. The van der Waals surface area contributed by atoms with Gasteiger partial charge in [0.1, 0.15) is 5.82 Å². The Hall–Kier alpha value is -2.73. The SMILES string of the molecule is COc1cc(CNC(C)c2cnn(-c3cccc(F)c3)c2C)ccc1F. The molecule has 1 unspecified atom stereocenters. The quantitative estimate of drug-likeness (QED) is 0.714. The second-order valence-corrected chi connectivity index (χ2v) is 6.15. The number of benzene rings is 2. The van der Waals surface area contributed by atoms with Crippen LogP contribution in [0.3, 0.4) is 0 Å². The van der Waals surface area contributed by atoms with Crippen LogP contribution in [0.1, 0.15) is 29.8 Å². The molecule has 0 aliphatic carbocycles. The van der Waals surface area contributed by atoms with Crippen molar-refractivity contribution in [1.82, 2.24) is 15.1 Å². The van der Waals surface area contributed by atoms with Gasteiger partial charge >= 0.3 is 0 Å². The van der Waals surface area contributed by atoms with Gasteiger partial charge in [-0.15, -0.1) is 0 Å². The molecule has 136 valence electrons. The van der Waals surface area contributed by atoms with Gasteiger partial charge in [-0.2, -0.15) is 5.10 Å². The highest BCUT2D eigenvalue weighted by Gasteiger charge is 2.14. The lowest BCUT2D eigenvalue weighted by Gasteiger charge is -2.15. The van der Waals surface area contributed by atoms with Crippen LogP contribution >= 0.6 is 0 Å². The summed E-state index contributed by atoms with van der Waals surface area (Å²) in [4.78, 5) is 0. The molecule has 0 saturated heterocycles. The zero-order valence-electron chi connectivity index (χ0n) is 15.0. The van der Waals surface area contributed by atoms with Gasteiger partial charge in [0, 0.05) is 23.8 Å². The van der Waals surface area contributed by atoms with E-state index in [4.69, 9.17) is 4.74 Å². The second-order valence-electron chi connectivity index (χ2n) is 6.15. The maximum atomic E-state index is 13.5. The van der Waals surface area contributed by atoms with Crippen molar-refractivity contribution in [2.45, 2.75) is 26.4 Å². The van der Waals surface area contributed by atoms with E-state index < -0.39 is 0 Å². The van der Waals surface area contributed by atoms with Crippen LogP contribution in [0.25, 0.3) is 5.69 Å². The van der Waals surface area contributed by atoms with E-state index in [-0.39, 0.29) is 23.4 Å². The van der Waals surface area contributed by atoms with E-state index in [1.165, 1.54) is 25.3 Å². The lowest BCUT2D eigenvalue weighted by atomic mass is 10.1. The summed E-state index contributed by atoms with van der Waals surface area (Å²) in [7, 11) is 1.45. The van der Waals surface area contributed by atoms with E-state index in [2.05, 4.69) is 10.4 Å². The molecule has 3 rings (SSSR count). The van der Waals surface area contributed by atoms with Crippen LogP contribution < -0.4 is 10.1 Å². The number of halogens is 2. The first kappa shape index (κ1) is 18.1. The van der Waals surface area contributed by atoms with Gasteiger partial charge in [0.05, 0.1) is 19.0 Å². The first-order valence-electron chi connectivity index (χ1n) is 8.36. The molecule has 26 heavy (non-hydrogen) atoms. The largest absolute Gasteiger partial charge is 0.494 e. The van der Waals surface area contributed by atoms with Crippen molar-refractivity contribution in [3.63, 3.8) is 0 Å². The zero-order valence-corrected chi connectivity index (χ0v) is 15.0. The molecule has 1 aromatic heterocycles. The van der Waals surface area contributed by atoms with Crippen LogP contribution in [0.2, 0.25) is 0 Å². The summed E-state index contributed by atoms with van der Waals surface area (Å²) in [5.74, 6) is -0.445. The molecule has 1 atom stereocenters. The van der Waals surface area contributed by atoms with Gasteiger partial charge in [-0.25, -0.2) is 13.5 Å². The molecule has 4 nitrogen and oxygen atoms in total. The third-order valence-corrected chi connectivity index (χ3v) is 4.39. The van der Waals surface area contributed by atoms with Crippen LogP contribution in [0, 0.1) is 18.6 Å². The van der Waals surface area contributed by atoms with Crippen molar-refractivity contribution in [1.29, 1.82) is 0 Å². The van der Waals surface area contributed by atoms with Gasteiger partial charge in [0.2, 0.25) is 0 Å². The van der Waals surface area contributed by atoms with Crippen molar-refractivity contribution >= 4 is 0 Å². The number of methoxy groups -OCH3 is 1. The summed E-state index contributed by atoms with van der Waals surface area (Å²) < 4.78 is 33.7. The Kier molecular flexibility index (Phi) is 5.32. The van der Waals surface area contributed by atoms with E-state index in [0.717, 1.165) is 16.8 Å². The fourth-order valence-electron chi connectivity index (χ4n) is 2.91. The van der Waals surface area contributed by atoms with E-state index in [1.807, 2.05) is 19.9 Å². The third kappa shape index (κ3) is 3.75. The van der Waals surface area contributed by atoms with Crippen LogP contribution in [0.15, 0.2) is 48.7 Å². The molecule has 0 bridgehead atoms. The van der Waals surface area contributed by atoms with Gasteiger partial charge in [-0.3, -0.25) is 0 Å². The van der Waals surface area contributed by atoms with E-state index in [9.17, 15) is 8.78 Å². The van der Waals surface area contributed by atoms with Crippen molar-refractivity contribution in [3.05, 3.63) is 77.1 Å². The number of hydrogen-bond acceptors (Lipinski definition) is 3. The molecule has 0 spiro atoms. The molecule has 1 N–H and O–H groups in total. The maximum absolute atomic E-state index is 13.5. The normalized spacial score (nSPS) is 12.2. The highest BCUT2D eigenvalue weighted by molar-refractivity contribution is 5.36. The van der Waals surface area contributed by atoms with Crippen LogP contribution in [0.5, 0.6) is 5.75 Å². The summed E-state index contributed by atoms with van der Waals surface area (Å²) >= 11 is 0. The lowest BCUT2D eigenvalue weighted by Crippen LogP contribution is -2.18. The fraction of sp³-hybridized carbons (Fsp3) is 0.250. The minimum absolute atomic E-state index is 0.0216. The molecule has 0 fully saturated rings. The maximum Gasteiger partial charge on any atom is 0.165 e. The summed E-state index contributed by atoms with van der Waals surface area (Å²) in [5, 5.41) is 7.78. The first-order valence-corrected chi connectivity index (χ1v) is 8.36. The highest BCUT2D eigenvalue weighted by atomic mass is 19.1. The van der Waals surface area contributed by atoms with E-state index >= 15 is 0 Å². The van der Waals surface area contributed by atoms with Gasteiger partial charge in [-0.1, -0.05) is 12.1 Å². The number of nitrogens with one attached hydrogen (secondary N) is 1. The van der Waals surface area contributed by atoms with Crippen molar-refractivity contribution in [2.24, 2.45) is 0 Å². The number of aromatic nitrogens is 2. The highest BCUT2D eigenvalue weighted by Crippen LogP contribution is 2.22. The Morgan fingerprint density at radius 2 is 2.00 bits per heavy atom. The van der Waals surface area contributed by atoms with Gasteiger partial charge < -0.3 is 10.1 Å². The summed E-state index contributed by atoms with van der Waals surface area (Å²) in [6.45, 7) is 4.54. The average Bonchev–Trinajstić information content (AvgIpc) is 3.02. The van der Waals surface area contributed by atoms with Gasteiger partial charge in [-0.05, 0) is 49.7 Å². The molecule has 0 saturated carbocycles. The van der Waals surface area contributed by atoms with Crippen molar-refractivity contribution < 1.29 is 13.5 Å². The number of rotatable bonds is 6. The first-order chi connectivity index (χ1) is 12.5. The Labute approximate surface area is 151 Å². The summed E-state index contributed by atoms with van der Waals surface area (Å²) in [5.41, 5.74) is 3.56. The zero-order chi connectivity index (χ0) is 18.7. The van der Waals surface area contributed by atoms with Crippen LogP contribution in [0.4, 0.5) is 8.78 Å². The molecular weight excluding hydrogens is 336 g/mol. The summed E-state index contributed by atoms with van der Waals surface area (Å²) in [6, 6.07) is 11.2. The molecule has 1 heterocycles. The molecular formula is C20H21F2N3O. The Bertz CT molecular complexity index is 908. The summed E-state index contributed by atoms with van der Waals surface area (Å²) in [6.07, 6.45) is 1.78. The standard InChI is InChI=1S/C20H21F2N3O/c1-13(23-11-15-7-8-19(22)20(9-15)26-3)18-12-24-25(14(18)2)17-6-4-5-16(21)10-17/h4-10,12-13,23H,11H2,1-3H3. The molecule has 3 aromatic rings. The Balaban J connectivity index is 1.74. The second kappa shape index (κ2) is 7.66. The van der Waals surface area contributed by atoms with Crippen LogP contribution in [-0.2, 0) is 6.54 Å². The van der Waals surface area contributed by atoms with Crippen molar-refractivity contribution in [3.8, 4) is 11.4 Å². The predicted molar refractivity (Wildman–Crippen MR) is 96.5 cm³/mol. The fourth-order valence-corrected chi connectivity index (χ4v) is 2.91. The molecule has 0 radical (unpaired) electrons. The predicted octanol–water partition coefficient (Wildman–Crippen LogP) is 4.32.